The number of rotatable bonds is 2. The largest absolute Gasteiger partial charge is 0.294 e. The highest BCUT2D eigenvalue weighted by molar-refractivity contribution is 9.10. The van der Waals surface area contributed by atoms with Crippen LogP contribution in [-0.2, 0) is 5.88 Å². The van der Waals surface area contributed by atoms with Crippen LogP contribution in [0.4, 0.5) is 0 Å². The van der Waals surface area contributed by atoms with Crippen molar-refractivity contribution in [3.8, 4) is 5.69 Å². The van der Waals surface area contributed by atoms with Gasteiger partial charge in [-0.05, 0) is 46.3 Å². The molecule has 102 valence electrons. The summed E-state index contributed by atoms with van der Waals surface area (Å²) in [4.78, 5) is 4.52. The molecule has 0 amide bonds. The number of hydrogen-bond acceptors (Lipinski definition) is 1. The second-order valence-corrected chi connectivity index (χ2v) is 6.17. The van der Waals surface area contributed by atoms with Gasteiger partial charge in [0.2, 0.25) is 0 Å². The van der Waals surface area contributed by atoms with Gasteiger partial charge in [0.25, 0.3) is 0 Å². The average Bonchev–Trinajstić information content (AvgIpc) is 2.79. The van der Waals surface area contributed by atoms with Crippen LogP contribution in [0.5, 0.6) is 0 Å². The van der Waals surface area contributed by atoms with Crippen molar-refractivity contribution in [2.24, 2.45) is 0 Å². The van der Waals surface area contributed by atoms with E-state index in [1.54, 1.807) is 0 Å². The lowest BCUT2D eigenvalue weighted by Crippen LogP contribution is -2.00. The quantitative estimate of drug-likeness (QED) is 0.503. The summed E-state index contributed by atoms with van der Waals surface area (Å²) in [6.07, 6.45) is 0. The normalized spacial score (nSPS) is 11.2. The number of alkyl halides is 1. The van der Waals surface area contributed by atoms with Crippen LogP contribution >= 0.6 is 50.7 Å². The number of halogens is 4. The minimum absolute atomic E-state index is 0.292. The zero-order chi connectivity index (χ0) is 14.3. The molecule has 0 aliphatic carbocycles. The Kier molecular flexibility index (Phi) is 3.95. The summed E-state index contributed by atoms with van der Waals surface area (Å²) in [7, 11) is 0. The van der Waals surface area contributed by atoms with E-state index in [0.29, 0.717) is 15.9 Å². The molecule has 0 radical (unpaired) electrons. The highest BCUT2D eigenvalue weighted by Gasteiger charge is 2.15. The molecule has 0 spiro atoms. The van der Waals surface area contributed by atoms with E-state index >= 15 is 0 Å². The molecule has 0 bridgehead atoms. The van der Waals surface area contributed by atoms with Gasteiger partial charge in [-0.3, -0.25) is 4.57 Å². The molecule has 20 heavy (non-hydrogen) atoms. The fraction of sp³-hybridized carbons (Fsp3) is 0.0714. The summed E-state index contributed by atoms with van der Waals surface area (Å²) in [6.45, 7) is 0. The molecule has 3 rings (SSSR count). The molecule has 0 unspecified atom stereocenters. The molecule has 0 saturated carbocycles. The van der Waals surface area contributed by atoms with E-state index in [9.17, 15) is 0 Å². The molecular formula is C14H8BrCl3N2. The fourth-order valence-corrected chi connectivity index (χ4v) is 3.39. The molecule has 0 aliphatic rings. The smallest absolute Gasteiger partial charge is 0.129 e. The molecule has 2 nitrogen and oxygen atoms in total. The minimum atomic E-state index is 0.292. The van der Waals surface area contributed by atoms with Crippen molar-refractivity contribution in [3.63, 3.8) is 0 Å². The van der Waals surface area contributed by atoms with Gasteiger partial charge in [0, 0.05) is 9.50 Å². The SMILES string of the molecule is ClCc1nc2c(Cl)cccc2n1-c1ccc(Cl)cc1Br. The number of hydrogen-bond donors (Lipinski definition) is 0. The van der Waals surface area contributed by atoms with E-state index in [1.165, 1.54) is 0 Å². The van der Waals surface area contributed by atoms with Crippen LogP contribution in [0.25, 0.3) is 16.7 Å². The van der Waals surface area contributed by atoms with Gasteiger partial charge in [0.05, 0.1) is 22.1 Å². The third kappa shape index (κ3) is 2.33. The predicted molar refractivity (Wildman–Crippen MR) is 88.3 cm³/mol. The molecule has 0 saturated heterocycles. The molecule has 0 atom stereocenters. The summed E-state index contributed by atoms with van der Waals surface area (Å²) in [5, 5.41) is 1.27. The zero-order valence-electron chi connectivity index (χ0n) is 10.1. The highest BCUT2D eigenvalue weighted by atomic mass is 79.9. The maximum Gasteiger partial charge on any atom is 0.129 e. The number of benzene rings is 2. The first-order valence-electron chi connectivity index (χ1n) is 5.79. The van der Waals surface area contributed by atoms with Crippen molar-refractivity contribution in [1.29, 1.82) is 0 Å². The van der Waals surface area contributed by atoms with E-state index in [2.05, 4.69) is 20.9 Å². The Labute approximate surface area is 139 Å². The van der Waals surface area contributed by atoms with E-state index in [-0.39, 0.29) is 0 Å². The van der Waals surface area contributed by atoms with Gasteiger partial charge in [-0.25, -0.2) is 4.98 Å². The Balaban J connectivity index is 2.37. The van der Waals surface area contributed by atoms with Gasteiger partial charge >= 0.3 is 0 Å². The number of fused-ring (bicyclic) bond motifs is 1. The lowest BCUT2D eigenvalue weighted by atomic mass is 10.2. The summed E-state index contributed by atoms with van der Waals surface area (Å²) in [5.74, 6) is 1.03. The van der Waals surface area contributed by atoms with Gasteiger partial charge < -0.3 is 0 Å². The van der Waals surface area contributed by atoms with Gasteiger partial charge in [0.1, 0.15) is 11.3 Å². The number of nitrogens with zero attached hydrogens (tertiary/aromatic N) is 2. The van der Waals surface area contributed by atoms with Crippen LogP contribution in [-0.4, -0.2) is 9.55 Å². The minimum Gasteiger partial charge on any atom is -0.294 e. The van der Waals surface area contributed by atoms with Crippen molar-refractivity contribution in [2.45, 2.75) is 5.88 Å². The molecule has 3 aromatic rings. The van der Waals surface area contributed by atoms with Crippen molar-refractivity contribution < 1.29 is 0 Å². The monoisotopic (exact) mass is 388 g/mol. The van der Waals surface area contributed by atoms with Gasteiger partial charge in [-0.1, -0.05) is 29.3 Å². The van der Waals surface area contributed by atoms with E-state index < -0.39 is 0 Å². The fourth-order valence-electron chi connectivity index (χ4n) is 2.13. The first-order chi connectivity index (χ1) is 9.61. The molecule has 0 fully saturated rings. The van der Waals surface area contributed by atoms with Crippen molar-refractivity contribution in [3.05, 3.63) is 56.7 Å². The van der Waals surface area contributed by atoms with Crippen molar-refractivity contribution >= 4 is 61.8 Å². The van der Waals surface area contributed by atoms with Crippen LogP contribution in [0.1, 0.15) is 5.82 Å². The van der Waals surface area contributed by atoms with Gasteiger partial charge in [-0.2, -0.15) is 0 Å². The van der Waals surface area contributed by atoms with Crippen LogP contribution in [0.15, 0.2) is 40.9 Å². The summed E-state index contributed by atoms with van der Waals surface area (Å²) in [6, 6.07) is 11.3. The lowest BCUT2D eigenvalue weighted by Gasteiger charge is -2.10. The first kappa shape index (κ1) is 14.2. The van der Waals surface area contributed by atoms with Gasteiger partial charge in [0.15, 0.2) is 0 Å². The second kappa shape index (κ2) is 5.57. The molecule has 0 aliphatic heterocycles. The Morgan fingerprint density at radius 3 is 2.65 bits per heavy atom. The summed E-state index contributed by atoms with van der Waals surface area (Å²) < 4.78 is 2.85. The number of aromatic nitrogens is 2. The summed E-state index contributed by atoms with van der Waals surface area (Å²) in [5.41, 5.74) is 2.58. The number of para-hydroxylation sites is 1. The van der Waals surface area contributed by atoms with Gasteiger partial charge in [-0.15, -0.1) is 11.6 Å². The first-order valence-corrected chi connectivity index (χ1v) is 7.87. The highest BCUT2D eigenvalue weighted by Crippen LogP contribution is 2.32. The number of imidazole rings is 1. The van der Waals surface area contributed by atoms with Crippen LogP contribution in [0.2, 0.25) is 10.0 Å². The molecule has 6 heteroatoms. The molecule has 1 heterocycles. The molecular weight excluding hydrogens is 382 g/mol. The maximum absolute atomic E-state index is 6.20. The van der Waals surface area contributed by atoms with Crippen LogP contribution in [0.3, 0.4) is 0 Å². The lowest BCUT2D eigenvalue weighted by molar-refractivity contribution is 0.977. The molecule has 2 aromatic carbocycles. The van der Waals surface area contributed by atoms with E-state index in [1.807, 2.05) is 41.0 Å². The Morgan fingerprint density at radius 2 is 1.95 bits per heavy atom. The van der Waals surface area contributed by atoms with E-state index in [0.717, 1.165) is 27.0 Å². The average molecular weight is 390 g/mol. The third-order valence-electron chi connectivity index (χ3n) is 2.98. The molecule has 0 N–H and O–H groups in total. The van der Waals surface area contributed by atoms with Crippen molar-refractivity contribution in [2.75, 3.05) is 0 Å². The molecule has 1 aromatic heterocycles. The Bertz CT molecular complexity index is 798. The zero-order valence-corrected chi connectivity index (χ0v) is 13.9. The Hall–Kier alpha value is -0.740. The topological polar surface area (TPSA) is 17.8 Å². The Morgan fingerprint density at radius 1 is 1.15 bits per heavy atom. The summed E-state index contributed by atoms with van der Waals surface area (Å²) >= 11 is 21.7. The third-order valence-corrected chi connectivity index (χ3v) is 4.39. The van der Waals surface area contributed by atoms with E-state index in [4.69, 9.17) is 34.8 Å². The van der Waals surface area contributed by atoms with Crippen LogP contribution in [0, 0.1) is 0 Å². The maximum atomic E-state index is 6.20. The van der Waals surface area contributed by atoms with Crippen LogP contribution < -0.4 is 0 Å². The standard InChI is InChI=1S/C14H8BrCl3N2/c15-9-6-8(17)4-5-11(9)20-12-3-1-2-10(18)14(12)19-13(20)7-16/h1-6H,7H2. The second-order valence-electron chi connectivity index (χ2n) is 4.20. The van der Waals surface area contributed by atoms with Crippen molar-refractivity contribution in [1.82, 2.24) is 9.55 Å². The predicted octanol–water partition coefficient (Wildman–Crippen LogP) is 5.83.